The molecule has 17 nitrogen and oxygen atoms in total. The van der Waals surface area contributed by atoms with Gasteiger partial charge in [0.05, 0.1) is 59.9 Å². The molecule has 4 aliphatic heterocycles. The first-order valence-electron chi connectivity index (χ1n) is 21.5. The number of imide groups is 1. The van der Waals surface area contributed by atoms with Gasteiger partial charge in [-0.05, 0) is 76.1 Å². The van der Waals surface area contributed by atoms with Gasteiger partial charge in [-0.1, -0.05) is 6.07 Å². The minimum absolute atomic E-state index is 0.0537. The largest absolute Gasteiger partial charge is 0.374 e. The second-order valence-electron chi connectivity index (χ2n) is 17.5. The average molecular weight is 859 g/mol. The van der Waals surface area contributed by atoms with Crippen LogP contribution in [-0.4, -0.2) is 120 Å². The Morgan fingerprint density at radius 2 is 1.89 bits per heavy atom. The predicted molar refractivity (Wildman–Crippen MR) is 221 cm³/mol. The first-order chi connectivity index (χ1) is 29.9. The summed E-state index contributed by atoms with van der Waals surface area (Å²) in [5.41, 5.74) is 1.46. The molecule has 1 unspecified atom stereocenters. The van der Waals surface area contributed by atoms with Crippen molar-refractivity contribution in [2.24, 2.45) is 13.0 Å². The molecule has 10 rings (SSSR count). The molecule has 1 saturated carbocycles. The van der Waals surface area contributed by atoms with Crippen LogP contribution in [0.2, 0.25) is 0 Å². The van der Waals surface area contributed by atoms with Crippen molar-refractivity contribution in [1.29, 1.82) is 0 Å². The summed E-state index contributed by atoms with van der Waals surface area (Å²) in [6.45, 7) is 2.72. The standard InChI is InChI=1S/C42H49F3N12O5/c1-51(30-12-14-53(20-28(30)43)31-4-3-5-32-37(31)52(2)42(61)57(32)33-10-11-35(58)49-41(33)60)18-23-6-8-24(9-7-23)56-21-29(36(50-56)38(44)45)47-40(59)27-17-46-55-15-13-34(48-39(27)55)54-19-26-16-25(54)22-62-26/h3-5,13,15,17,21,23-26,28,30,33,38H,6-12,14,16,18-20,22H2,1-2H3,(H,47,59)(H,49,58,60)/t23?,24?,25-,26-,28-,30+,33?/m1/s1. The summed E-state index contributed by atoms with van der Waals surface area (Å²) in [6, 6.07) is 6.26. The van der Waals surface area contributed by atoms with E-state index in [-0.39, 0.29) is 72.4 Å². The minimum atomic E-state index is -2.91. The third-order valence-corrected chi connectivity index (χ3v) is 13.8. The average Bonchev–Trinajstić information content (AvgIpc) is 4.11. The number of alkyl halides is 3. The summed E-state index contributed by atoms with van der Waals surface area (Å²) < 4.78 is 56.5. The third kappa shape index (κ3) is 7.09. The molecule has 0 spiro atoms. The first kappa shape index (κ1) is 40.3. The van der Waals surface area contributed by atoms with Crippen molar-refractivity contribution >= 4 is 51.6 Å². The summed E-state index contributed by atoms with van der Waals surface area (Å²) in [7, 11) is 3.59. The highest BCUT2D eigenvalue weighted by molar-refractivity contribution is 6.08. The highest BCUT2D eigenvalue weighted by Gasteiger charge is 2.40. The van der Waals surface area contributed by atoms with Crippen LogP contribution in [0, 0.1) is 5.92 Å². The normalized spacial score (nSPS) is 26.7. The summed E-state index contributed by atoms with van der Waals surface area (Å²) >= 11 is 0. The fourth-order valence-electron chi connectivity index (χ4n) is 10.5. The number of ether oxygens (including phenoxy) is 1. The van der Waals surface area contributed by atoms with Crippen LogP contribution in [0.1, 0.15) is 85.9 Å². The van der Waals surface area contributed by atoms with E-state index < -0.39 is 36.1 Å². The molecule has 5 fully saturated rings. The number of aryl methyl sites for hydroxylation is 1. The van der Waals surface area contributed by atoms with Gasteiger partial charge in [0, 0.05) is 51.5 Å². The molecule has 8 heterocycles. The van der Waals surface area contributed by atoms with Crippen molar-refractivity contribution < 1.29 is 32.3 Å². The molecule has 1 aliphatic carbocycles. The monoisotopic (exact) mass is 858 g/mol. The molecule has 5 aromatic rings. The highest BCUT2D eigenvalue weighted by Crippen LogP contribution is 2.38. The summed E-state index contributed by atoms with van der Waals surface area (Å²) in [5, 5.41) is 13.5. The van der Waals surface area contributed by atoms with E-state index in [0.29, 0.717) is 67.1 Å². The fourth-order valence-corrected chi connectivity index (χ4v) is 10.5. The molecule has 5 atom stereocenters. The Morgan fingerprint density at radius 1 is 1.06 bits per heavy atom. The van der Waals surface area contributed by atoms with Gasteiger partial charge in [-0.2, -0.15) is 10.2 Å². The van der Waals surface area contributed by atoms with Crippen molar-refractivity contribution in [2.45, 2.75) is 94.2 Å². The second kappa shape index (κ2) is 15.9. The second-order valence-corrected chi connectivity index (χ2v) is 17.5. The lowest BCUT2D eigenvalue weighted by Gasteiger charge is -2.42. The van der Waals surface area contributed by atoms with Gasteiger partial charge in [-0.3, -0.25) is 33.5 Å². The predicted octanol–water partition coefficient (Wildman–Crippen LogP) is 4.00. The molecule has 328 valence electrons. The van der Waals surface area contributed by atoms with E-state index >= 15 is 4.39 Å². The minimum Gasteiger partial charge on any atom is -0.374 e. The smallest absolute Gasteiger partial charge is 0.329 e. The van der Waals surface area contributed by atoms with Gasteiger partial charge in [0.1, 0.15) is 23.6 Å². The van der Waals surface area contributed by atoms with E-state index in [0.717, 1.165) is 25.8 Å². The van der Waals surface area contributed by atoms with Gasteiger partial charge in [-0.25, -0.2) is 27.5 Å². The fraction of sp³-hybridized carbons (Fsp3) is 0.548. The maximum atomic E-state index is 16.1. The van der Waals surface area contributed by atoms with Crippen LogP contribution in [0.4, 0.5) is 30.4 Å². The van der Waals surface area contributed by atoms with Crippen LogP contribution in [0.25, 0.3) is 16.7 Å². The number of morpholine rings is 1. The number of nitrogens with one attached hydrogen (secondary N) is 2. The molecular formula is C42H49F3N12O5. The van der Waals surface area contributed by atoms with Gasteiger partial charge in [0.25, 0.3) is 12.3 Å². The van der Waals surface area contributed by atoms with Crippen LogP contribution in [0.5, 0.6) is 0 Å². The summed E-state index contributed by atoms with van der Waals surface area (Å²) in [6.07, 6.45) is 5.55. The van der Waals surface area contributed by atoms with Crippen molar-refractivity contribution in [3.05, 3.63) is 64.6 Å². The number of hydrogen-bond acceptors (Lipinski definition) is 11. The SMILES string of the molecule is CN(CC1CCC(n2cc(NC(=O)c3cnn4ccc(N5C[C@H]6C[C@@H]5CO6)nc34)c(C(F)F)n2)CC1)[C@H]1CCN(c2cccc3c2n(C)c(=O)n3C2CCC(=O)NC2=O)C[C@H]1F. The van der Waals surface area contributed by atoms with E-state index in [1.54, 1.807) is 30.1 Å². The number of carbonyl (C=O) groups excluding carboxylic acids is 3. The lowest BCUT2D eigenvalue weighted by atomic mass is 9.85. The Bertz CT molecular complexity index is 2620. The van der Waals surface area contributed by atoms with Gasteiger partial charge >= 0.3 is 5.69 Å². The number of fused-ring (bicyclic) bond motifs is 4. The molecule has 1 aromatic carbocycles. The zero-order valence-corrected chi connectivity index (χ0v) is 34.5. The number of anilines is 3. The Hall–Kier alpha value is -5.76. The number of imidazole rings is 1. The van der Waals surface area contributed by atoms with Gasteiger partial charge in [-0.15, -0.1) is 0 Å². The van der Waals surface area contributed by atoms with Crippen LogP contribution >= 0.6 is 0 Å². The first-order valence-corrected chi connectivity index (χ1v) is 21.5. The lowest BCUT2D eigenvalue weighted by Crippen LogP contribution is -2.52. The molecule has 20 heteroatoms. The van der Waals surface area contributed by atoms with E-state index in [2.05, 4.69) is 30.6 Å². The maximum absolute atomic E-state index is 16.1. The van der Waals surface area contributed by atoms with E-state index in [1.807, 2.05) is 24.1 Å². The number of carbonyl (C=O) groups is 3. The van der Waals surface area contributed by atoms with Crippen LogP contribution in [0.15, 0.2) is 47.7 Å². The molecule has 3 amide bonds. The number of amides is 3. The van der Waals surface area contributed by atoms with Gasteiger partial charge < -0.3 is 24.8 Å². The van der Waals surface area contributed by atoms with E-state index in [4.69, 9.17) is 9.72 Å². The Kier molecular flexibility index (Phi) is 10.3. The molecule has 0 radical (unpaired) electrons. The molecule has 4 aromatic heterocycles. The van der Waals surface area contributed by atoms with E-state index in [1.165, 1.54) is 26.0 Å². The van der Waals surface area contributed by atoms with Crippen LogP contribution in [-0.2, 0) is 21.4 Å². The number of benzene rings is 1. The quantitative estimate of drug-likeness (QED) is 0.195. The van der Waals surface area contributed by atoms with E-state index in [9.17, 15) is 28.0 Å². The van der Waals surface area contributed by atoms with Crippen molar-refractivity contribution in [1.82, 2.24) is 43.7 Å². The maximum Gasteiger partial charge on any atom is 0.329 e. The number of para-hydroxylation sites is 1. The molecule has 62 heavy (non-hydrogen) atoms. The van der Waals surface area contributed by atoms with Gasteiger partial charge in [0.2, 0.25) is 11.8 Å². The number of halogens is 3. The summed E-state index contributed by atoms with van der Waals surface area (Å²) in [5.74, 6) is -0.485. The molecular weight excluding hydrogens is 810 g/mol. The third-order valence-electron chi connectivity index (χ3n) is 13.8. The van der Waals surface area contributed by atoms with Crippen molar-refractivity contribution in [3.8, 4) is 0 Å². The van der Waals surface area contributed by atoms with Gasteiger partial charge in [0.15, 0.2) is 11.3 Å². The van der Waals surface area contributed by atoms with Crippen LogP contribution in [0.3, 0.4) is 0 Å². The molecule has 2 bridgehead atoms. The Labute approximate surface area is 353 Å². The molecule has 5 aliphatic rings. The summed E-state index contributed by atoms with van der Waals surface area (Å²) in [4.78, 5) is 62.5. The van der Waals surface area contributed by atoms with Crippen LogP contribution < -0.4 is 26.1 Å². The number of hydrogen-bond donors (Lipinski definition) is 2. The number of piperidine rings is 2. The topological polar surface area (TPSA) is 169 Å². The highest BCUT2D eigenvalue weighted by atomic mass is 19.3. The zero-order chi connectivity index (χ0) is 43.0. The number of aromatic nitrogens is 7. The van der Waals surface area contributed by atoms with Crippen molar-refractivity contribution in [2.75, 3.05) is 55.0 Å². The number of rotatable bonds is 10. The number of nitrogens with zero attached hydrogens (tertiary/aromatic N) is 10. The Balaban J connectivity index is 0.760. The lowest BCUT2D eigenvalue weighted by molar-refractivity contribution is -0.135. The zero-order valence-electron chi connectivity index (χ0n) is 34.5. The molecule has 4 saturated heterocycles. The van der Waals surface area contributed by atoms with Crippen molar-refractivity contribution in [3.63, 3.8) is 0 Å². The Morgan fingerprint density at radius 3 is 2.61 bits per heavy atom. The molecule has 2 N–H and O–H groups in total.